The first-order valence-electron chi connectivity index (χ1n) is 6.33. The Hall–Kier alpha value is 0.430. The van der Waals surface area contributed by atoms with E-state index in [4.69, 9.17) is 16.3 Å². The summed E-state index contributed by atoms with van der Waals surface area (Å²) < 4.78 is 5.79. The molecule has 0 aliphatic carbocycles. The van der Waals surface area contributed by atoms with Gasteiger partial charge in [0.05, 0.1) is 12.9 Å². The maximum atomic E-state index is 5.79. The molecule has 0 aromatic rings. The normalized spacial score (nSPS) is 15.0. The molecule has 1 N–H and O–H groups in total. The minimum absolute atomic E-state index is 0.727. The minimum Gasteiger partial charge on any atom is -0.326 e. The van der Waals surface area contributed by atoms with Crippen LogP contribution >= 0.6 is 17.0 Å². The number of hydrogen-bond acceptors (Lipinski definition) is 4. The van der Waals surface area contributed by atoms with Crippen LogP contribution in [-0.2, 0) is 16.3 Å². The summed E-state index contributed by atoms with van der Waals surface area (Å²) in [5.41, 5.74) is -1.96. The van der Waals surface area contributed by atoms with Gasteiger partial charge in [-0.1, -0.05) is 38.6 Å². The molecule has 0 aliphatic heterocycles. The summed E-state index contributed by atoms with van der Waals surface area (Å²) in [6.45, 7) is 7.96. The summed E-state index contributed by atoms with van der Waals surface area (Å²) in [4.78, 5) is 4.24. The van der Waals surface area contributed by atoms with Crippen molar-refractivity contribution in [2.45, 2.75) is 46.5 Å². The predicted octanol–water partition coefficient (Wildman–Crippen LogP) is 4.20. The third kappa shape index (κ3) is 10.1. The van der Waals surface area contributed by atoms with Gasteiger partial charge in [-0.3, -0.25) is 4.99 Å². The van der Waals surface area contributed by atoms with Crippen LogP contribution in [-0.4, -0.2) is 25.2 Å². The van der Waals surface area contributed by atoms with E-state index < -0.39 is 5.62 Å². The fraction of sp³-hybridized carbons (Fsp3) is 0.909. The van der Waals surface area contributed by atoms with Gasteiger partial charge in [0.1, 0.15) is 0 Å². The molecular formula is C11H25N2OPS2. The molecule has 6 heteroatoms. The smallest absolute Gasteiger partial charge is 0.211 e. The van der Waals surface area contributed by atoms with Gasteiger partial charge < -0.3 is 9.61 Å². The second kappa shape index (κ2) is 11.5. The van der Waals surface area contributed by atoms with Crippen LogP contribution in [0.2, 0.25) is 0 Å². The van der Waals surface area contributed by atoms with E-state index in [0.717, 1.165) is 31.7 Å². The van der Waals surface area contributed by atoms with E-state index in [9.17, 15) is 0 Å². The van der Waals surface area contributed by atoms with Gasteiger partial charge in [-0.15, -0.1) is 0 Å². The van der Waals surface area contributed by atoms with Crippen LogP contribution in [0.25, 0.3) is 0 Å². The lowest BCUT2D eigenvalue weighted by molar-refractivity contribution is 0.356. The summed E-state index contributed by atoms with van der Waals surface area (Å²) in [5, 5.41) is 3.20. The van der Waals surface area contributed by atoms with Gasteiger partial charge in [-0.2, -0.15) is 0 Å². The molecule has 0 heterocycles. The van der Waals surface area contributed by atoms with Gasteiger partial charge in [0.15, 0.2) is 0 Å². The first kappa shape index (κ1) is 17.4. The summed E-state index contributed by atoms with van der Waals surface area (Å²) in [7, 11) is 0. The molecule has 0 aliphatic rings. The highest BCUT2D eigenvalue weighted by Crippen LogP contribution is 2.56. The first-order chi connectivity index (χ1) is 8.18. The zero-order valence-electron chi connectivity index (χ0n) is 11.1. The lowest BCUT2D eigenvalue weighted by atomic mass is 10.4. The van der Waals surface area contributed by atoms with Crippen LogP contribution in [0, 0.1) is 0 Å². The maximum absolute atomic E-state index is 5.79. The highest BCUT2D eigenvalue weighted by Gasteiger charge is 2.16. The average molecular weight is 296 g/mol. The van der Waals surface area contributed by atoms with Crippen LogP contribution in [0.3, 0.4) is 0 Å². The van der Waals surface area contributed by atoms with Gasteiger partial charge in [-0.25, -0.2) is 0 Å². The van der Waals surface area contributed by atoms with Crippen molar-refractivity contribution in [3.8, 4) is 0 Å². The topological polar surface area (TPSA) is 33.6 Å². The number of nitrogens with one attached hydrogen (secondary N) is 1. The predicted molar refractivity (Wildman–Crippen MR) is 84.7 cm³/mol. The van der Waals surface area contributed by atoms with E-state index in [1.807, 2.05) is 0 Å². The Balaban J connectivity index is 4.13. The van der Waals surface area contributed by atoms with E-state index in [0.29, 0.717) is 0 Å². The molecule has 0 bridgehead atoms. The molecule has 0 saturated carbocycles. The highest BCUT2D eigenvalue weighted by atomic mass is 32.9. The van der Waals surface area contributed by atoms with Crippen LogP contribution in [0.4, 0.5) is 0 Å². The van der Waals surface area contributed by atoms with Crippen molar-refractivity contribution < 1.29 is 4.52 Å². The molecule has 0 amide bonds. The summed E-state index contributed by atoms with van der Waals surface area (Å²) >= 11 is 7.33. The number of aliphatic imine (C=N–C) groups is 1. The molecule has 0 rings (SSSR count). The van der Waals surface area contributed by atoms with Gasteiger partial charge in [0, 0.05) is 12.3 Å². The average Bonchev–Trinajstić information content (AvgIpc) is 2.33. The third-order valence-corrected chi connectivity index (χ3v) is 7.43. The van der Waals surface area contributed by atoms with Crippen LogP contribution in [0.5, 0.6) is 0 Å². The van der Waals surface area contributed by atoms with E-state index in [2.05, 4.69) is 30.9 Å². The van der Waals surface area contributed by atoms with E-state index >= 15 is 0 Å². The van der Waals surface area contributed by atoms with Crippen molar-refractivity contribution in [1.29, 1.82) is 0 Å². The van der Waals surface area contributed by atoms with Crippen LogP contribution < -0.4 is 5.09 Å². The lowest BCUT2D eigenvalue weighted by Crippen LogP contribution is -2.09. The van der Waals surface area contributed by atoms with Crippen molar-refractivity contribution in [2.75, 3.05) is 18.9 Å². The van der Waals surface area contributed by atoms with E-state index in [1.54, 1.807) is 17.7 Å². The lowest BCUT2D eigenvalue weighted by Gasteiger charge is -2.20. The molecule has 17 heavy (non-hydrogen) atoms. The first-order valence-corrected chi connectivity index (χ1v) is 10.6. The molecule has 0 radical (unpaired) electrons. The Labute approximate surface area is 115 Å². The Bertz CT molecular complexity index is 250. The Kier molecular flexibility index (Phi) is 11.8. The fourth-order valence-corrected chi connectivity index (χ4v) is 5.44. The summed E-state index contributed by atoms with van der Waals surface area (Å²) in [5.74, 6) is 1.06. The highest BCUT2D eigenvalue weighted by molar-refractivity contribution is 8.68. The molecule has 102 valence electrons. The maximum Gasteiger partial charge on any atom is 0.211 e. The number of rotatable bonds is 11. The van der Waals surface area contributed by atoms with E-state index in [1.165, 1.54) is 12.8 Å². The Morgan fingerprint density at radius 2 is 2.06 bits per heavy atom. The minimum atomic E-state index is -1.96. The molecule has 1 atom stereocenters. The zero-order valence-corrected chi connectivity index (χ0v) is 13.7. The quantitative estimate of drug-likeness (QED) is 0.268. The Morgan fingerprint density at radius 1 is 1.29 bits per heavy atom. The number of unbranched alkanes of at least 4 members (excludes halogenated alkanes) is 1. The molecule has 0 aromatic carbocycles. The van der Waals surface area contributed by atoms with Gasteiger partial charge in [0.2, 0.25) is 5.62 Å². The molecule has 0 aromatic heterocycles. The van der Waals surface area contributed by atoms with Crippen LogP contribution in [0.1, 0.15) is 46.5 Å². The zero-order chi connectivity index (χ0) is 13.0. The molecule has 3 nitrogen and oxygen atoms in total. The molecule has 0 fully saturated rings. The molecule has 0 saturated heterocycles. The monoisotopic (exact) mass is 296 g/mol. The van der Waals surface area contributed by atoms with Crippen molar-refractivity contribution in [1.82, 2.24) is 5.09 Å². The van der Waals surface area contributed by atoms with Crippen LogP contribution in [0.15, 0.2) is 4.99 Å². The Morgan fingerprint density at radius 3 is 2.65 bits per heavy atom. The molecule has 0 spiro atoms. The van der Waals surface area contributed by atoms with E-state index in [-0.39, 0.29) is 0 Å². The summed E-state index contributed by atoms with van der Waals surface area (Å²) in [6, 6.07) is 0. The largest absolute Gasteiger partial charge is 0.326 e. The number of nitrogens with zero attached hydrogens (tertiary/aromatic N) is 1. The fourth-order valence-electron chi connectivity index (χ4n) is 0.958. The third-order valence-electron chi connectivity index (χ3n) is 1.88. The van der Waals surface area contributed by atoms with Gasteiger partial charge in [-0.05, 0) is 31.1 Å². The number of hydrogen-bond donors (Lipinski definition) is 1. The molecular weight excluding hydrogens is 271 g/mol. The summed E-state index contributed by atoms with van der Waals surface area (Å²) in [6.07, 6.45) is 6.17. The second-order valence-corrected chi connectivity index (χ2v) is 10.4. The van der Waals surface area contributed by atoms with Crippen molar-refractivity contribution in [3.63, 3.8) is 0 Å². The standard InChI is InChI=1S/C11H25N2OPS2/c1-4-7-10-17-15(16,14-9-6-3)13-11-12-8-5-2/h11H,4-10H2,1-3H3,(H,12,13,16). The SMILES string of the molecule is CCCCSP(=S)(NC=NCCC)OCCC. The van der Waals surface area contributed by atoms with Crippen molar-refractivity contribution in [2.24, 2.45) is 4.99 Å². The molecule has 1 unspecified atom stereocenters. The van der Waals surface area contributed by atoms with Crippen molar-refractivity contribution >= 4 is 35.1 Å². The second-order valence-electron chi connectivity index (χ2n) is 3.68. The van der Waals surface area contributed by atoms with Gasteiger partial charge >= 0.3 is 0 Å². The van der Waals surface area contributed by atoms with Crippen molar-refractivity contribution in [3.05, 3.63) is 0 Å². The van der Waals surface area contributed by atoms with Gasteiger partial charge in [0.25, 0.3) is 0 Å².